The van der Waals surface area contributed by atoms with Gasteiger partial charge in [-0.2, -0.15) is 0 Å². The van der Waals surface area contributed by atoms with Crippen molar-refractivity contribution in [3.8, 4) is 11.5 Å². The number of phenols is 1. The summed E-state index contributed by atoms with van der Waals surface area (Å²) in [7, 11) is 1.49. The number of carbonyl (C=O) groups excluding carboxylic acids is 1. The normalized spacial score (nSPS) is 17.0. The molecule has 28 heavy (non-hydrogen) atoms. The van der Waals surface area contributed by atoms with Crippen molar-refractivity contribution in [2.45, 2.75) is 20.8 Å². The fourth-order valence-electron chi connectivity index (χ4n) is 2.93. The minimum Gasteiger partial charge on any atom is -0.503 e. The van der Waals surface area contributed by atoms with Crippen molar-refractivity contribution in [3.63, 3.8) is 0 Å². The average Bonchev–Trinajstić information content (AvgIpc) is 2.95. The Morgan fingerprint density at radius 1 is 1.29 bits per heavy atom. The Morgan fingerprint density at radius 3 is 2.57 bits per heavy atom. The standard InChI is InChI=1S/C21H21BrN2O3S/c1-5-24-20(26)17(11-14-9-15(22)19(25)16(10-14)27-4)28-21(24)23-18-12(2)7-6-8-13(18)3/h6-11,25H,5H2,1-4H3/b17-11+,23-21?. The molecule has 1 saturated heterocycles. The summed E-state index contributed by atoms with van der Waals surface area (Å²) in [6.07, 6.45) is 1.79. The number of aliphatic imine (C=N–C) groups is 1. The molecule has 2 aromatic carbocycles. The molecule has 0 spiro atoms. The molecule has 146 valence electrons. The van der Waals surface area contributed by atoms with E-state index in [2.05, 4.69) is 15.9 Å². The number of amides is 1. The van der Waals surface area contributed by atoms with Crippen molar-refractivity contribution in [3.05, 3.63) is 56.4 Å². The molecule has 0 saturated carbocycles. The molecule has 1 N–H and O–H groups in total. The summed E-state index contributed by atoms with van der Waals surface area (Å²) in [5.41, 5.74) is 3.79. The second-order valence-corrected chi connectivity index (χ2v) is 8.21. The van der Waals surface area contributed by atoms with E-state index >= 15 is 0 Å². The summed E-state index contributed by atoms with van der Waals surface area (Å²) in [5, 5.41) is 10.6. The molecule has 5 nitrogen and oxygen atoms in total. The Morgan fingerprint density at radius 2 is 1.96 bits per heavy atom. The smallest absolute Gasteiger partial charge is 0.266 e. The van der Waals surface area contributed by atoms with Crippen molar-refractivity contribution in [1.82, 2.24) is 4.90 Å². The van der Waals surface area contributed by atoms with E-state index in [1.54, 1.807) is 23.1 Å². The van der Waals surface area contributed by atoms with Gasteiger partial charge in [-0.1, -0.05) is 18.2 Å². The van der Waals surface area contributed by atoms with Gasteiger partial charge in [0.25, 0.3) is 5.91 Å². The van der Waals surface area contributed by atoms with Gasteiger partial charge in [0.05, 0.1) is 22.2 Å². The van der Waals surface area contributed by atoms with Crippen LogP contribution in [0.3, 0.4) is 0 Å². The van der Waals surface area contributed by atoms with Crippen LogP contribution in [0.2, 0.25) is 0 Å². The molecule has 0 unspecified atom stereocenters. The first-order valence-electron chi connectivity index (χ1n) is 8.78. The number of hydrogen-bond donors (Lipinski definition) is 1. The van der Waals surface area contributed by atoms with Crippen LogP contribution in [0.15, 0.2) is 44.7 Å². The van der Waals surface area contributed by atoms with Gasteiger partial charge < -0.3 is 9.84 Å². The van der Waals surface area contributed by atoms with Crippen molar-refractivity contribution < 1.29 is 14.6 Å². The number of phenolic OH excluding ortho intramolecular Hbond substituents is 1. The molecule has 1 amide bonds. The minimum absolute atomic E-state index is 0.0301. The van der Waals surface area contributed by atoms with E-state index in [1.165, 1.54) is 18.9 Å². The maximum Gasteiger partial charge on any atom is 0.266 e. The van der Waals surface area contributed by atoms with Crippen LogP contribution in [0, 0.1) is 13.8 Å². The average molecular weight is 461 g/mol. The largest absolute Gasteiger partial charge is 0.503 e. The van der Waals surface area contributed by atoms with Crippen molar-refractivity contribution in [1.29, 1.82) is 0 Å². The van der Waals surface area contributed by atoms with E-state index < -0.39 is 0 Å². The number of para-hydroxylation sites is 1. The molecule has 1 aliphatic heterocycles. The summed E-state index contributed by atoms with van der Waals surface area (Å²) in [4.78, 5) is 19.9. The Labute approximate surface area is 177 Å². The van der Waals surface area contributed by atoms with E-state index in [1.807, 2.05) is 39.0 Å². The number of carbonyl (C=O) groups is 1. The summed E-state index contributed by atoms with van der Waals surface area (Å²) < 4.78 is 5.70. The number of thioether (sulfide) groups is 1. The van der Waals surface area contributed by atoms with Crippen molar-refractivity contribution >= 4 is 50.5 Å². The van der Waals surface area contributed by atoms with E-state index in [4.69, 9.17) is 9.73 Å². The van der Waals surface area contributed by atoms with Crippen LogP contribution in [-0.4, -0.2) is 34.7 Å². The Balaban J connectivity index is 2.02. The predicted molar refractivity (Wildman–Crippen MR) is 118 cm³/mol. The first kappa shape index (κ1) is 20.5. The molecule has 1 fully saturated rings. The number of likely N-dealkylation sites (N-methyl/N-ethyl adjacent to an activating group) is 1. The van der Waals surface area contributed by atoms with Crippen LogP contribution in [-0.2, 0) is 4.79 Å². The molecule has 0 atom stereocenters. The number of rotatable bonds is 4. The lowest BCUT2D eigenvalue weighted by Crippen LogP contribution is -2.28. The highest BCUT2D eigenvalue weighted by molar-refractivity contribution is 9.10. The Kier molecular flexibility index (Phi) is 6.15. The third-order valence-corrected chi connectivity index (χ3v) is 6.03. The molecule has 0 aliphatic carbocycles. The zero-order valence-electron chi connectivity index (χ0n) is 16.1. The molecule has 7 heteroatoms. The maximum absolute atomic E-state index is 12.9. The Hall–Kier alpha value is -2.25. The van der Waals surface area contributed by atoms with Gasteiger partial charge in [-0.05, 0) is 83.4 Å². The van der Waals surface area contributed by atoms with Gasteiger partial charge in [-0.25, -0.2) is 4.99 Å². The van der Waals surface area contributed by atoms with Gasteiger partial charge in [-0.3, -0.25) is 9.69 Å². The van der Waals surface area contributed by atoms with Gasteiger partial charge >= 0.3 is 0 Å². The number of benzene rings is 2. The minimum atomic E-state index is -0.0827. The van der Waals surface area contributed by atoms with E-state index in [0.717, 1.165) is 22.4 Å². The highest BCUT2D eigenvalue weighted by atomic mass is 79.9. The quantitative estimate of drug-likeness (QED) is 0.619. The zero-order valence-corrected chi connectivity index (χ0v) is 18.5. The summed E-state index contributed by atoms with van der Waals surface area (Å²) in [6, 6.07) is 9.47. The lowest BCUT2D eigenvalue weighted by Gasteiger charge is -2.13. The van der Waals surface area contributed by atoms with E-state index in [9.17, 15) is 9.90 Å². The number of halogens is 1. The predicted octanol–water partition coefficient (Wildman–Crippen LogP) is 5.40. The van der Waals surface area contributed by atoms with Crippen LogP contribution in [0.4, 0.5) is 5.69 Å². The van der Waals surface area contributed by atoms with E-state index in [-0.39, 0.29) is 11.7 Å². The number of nitrogens with zero attached hydrogens (tertiary/aromatic N) is 2. The molecular weight excluding hydrogens is 440 g/mol. The molecular formula is C21H21BrN2O3S. The number of aromatic hydroxyl groups is 1. The van der Waals surface area contributed by atoms with Gasteiger partial charge in [0.15, 0.2) is 16.7 Å². The zero-order chi connectivity index (χ0) is 20.4. The fraction of sp³-hybridized carbons (Fsp3) is 0.238. The summed E-state index contributed by atoms with van der Waals surface area (Å²) >= 11 is 4.67. The molecule has 3 rings (SSSR count). The number of aryl methyl sites for hydroxylation is 2. The number of hydrogen-bond acceptors (Lipinski definition) is 5. The fourth-order valence-corrected chi connectivity index (χ4v) is 4.44. The second kappa shape index (κ2) is 8.41. The van der Waals surface area contributed by atoms with Crippen molar-refractivity contribution in [2.24, 2.45) is 4.99 Å². The third kappa shape index (κ3) is 3.95. The molecule has 0 aromatic heterocycles. The van der Waals surface area contributed by atoms with Gasteiger partial charge in [0.1, 0.15) is 0 Å². The van der Waals surface area contributed by atoms with Crippen LogP contribution in [0.5, 0.6) is 11.5 Å². The summed E-state index contributed by atoms with van der Waals surface area (Å²) in [6.45, 7) is 6.50. The SMILES string of the molecule is CCN1C(=O)/C(=C\c2cc(Br)c(O)c(OC)c2)SC1=Nc1c(C)cccc1C. The topological polar surface area (TPSA) is 62.1 Å². The highest BCUT2D eigenvalue weighted by Gasteiger charge is 2.32. The molecule has 2 aromatic rings. The summed E-state index contributed by atoms with van der Waals surface area (Å²) in [5.74, 6) is 0.289. The second-order valence-electron chi connectivity index (χ2n) is 6.35. The number of amidine groups is 1. The number of ether oxygens (including phenoxy) is 1. The van der Waals surface area contributed by atoms with Crippen LogP contribution >= 0.6 is 27.7 Å². The maximum atomic E-state index is 12.9. The van der Waals surface area contributed by atoms with E-state index in [0.29, 0.717) is 26.8 Å². The first-order chi connectivity index (χ1) is 13.3. The lowest BCUT2D eigenvalue weighted by atomic mass is 10.1. The Bertz CT molecular complexity index is 981. The highest BCUT2D eigenvalue weighted by Crippen LogP contribution is 2.39. The van der Waals surface area contributed by atoms with Gasteiger partial charge in [0.2, 0.25) is 0 Å². The monoisotopic (exact) mass is 460 g/mol. The van der Waals surface area contributed by atoms with Crippen LogP contribution in [0.25, 0.3) is 6.08 Å². The molecule has 1 aliphatic rings. The molecule has 0 radical (unpaired) electrons. The van der Waals surface area contributed by atoms with Gasteiger partial charge in [0, 0.05) is 6.54 Å². The van der Waals surface area contributed by atoms with Crippen molar-refractivity contribution in [2.75, 3.05) is 13.7 Å². The third-order valence-electron chi connectivity index (χ3n) is 4.42. The molecule has 1 heterocycles. The first-order valence-corrected chi connectivity index (χ1v) is 10.4. The van der Waals surface area contributed by atoms with Gasteiger partial charge in [-0.15, -0.1) is 0 Å². The van der Waals surface area contributed by atoms with Crippen LogP contribution in [0.1, 0.15) is 23.6 Å². The van der Waals surface area contributed by atoms with Crippen LogP contribution < -0.4 is 4.74 Å². The number of methoxy groups -OCH3 is 1. The lowest BCUT2D eigenvalue weighted by molar-refractivity contribution is -0.122. The molecule has 0 bridgehead atoms.